The van der Waals surface area contributed by atoms with Crippen LogP contribution in [0.1, 0.15) is 33.6 Å². The number of amides is 3. The van der Waals surface area contributed by atoms with Crippen LogP contribution in [0.2, 0.25) is 0 Å². The molecule has 1 aromatic carbocycles. The van der Waals surface area contributed by atoms with Gasteiger partial charge in [-0.2, -0.15) is 0 Å². The summed E-state index contributed by atoms with van der Waals surface area (Å²) in [7, 11) is 3.38. The Morgan fingerprint density at radius 1 is 1.11 bits per heavy atom. The summed E-state index contributed by atoms with van der Waals surface area (Å²) in [6.45, 7) is 1.02. The van der Waals surface area contributed by atoms with Gasteiger partial charge in [0, 0.05) is 38.4 Å². The maximum absolute atomic E-state index is 12.6. The standard InChI is InChI=1S/C20H23N3O4/c1-22(2)19(25)14-5-7-17(8-6-14)21-18(24)15-4-3-10-23(12-15)20(26)16-9-11-27-13-16/h5-9,11,13,15H,3-4,10,12H2,1-2H3,(H,21,24). The van der Waals surface area contributed by atoms with Gasteiger partial charge in [-0.05, 0) is 43.2 Å². The summed E-state index contributed by atoms with van der Waals surface area (Å²) in [4.78, 5) is 40.2. The number of hydrogen-bond donors (Lipinski definition) is 1. The Bertz CT molecular complexity index is 812. The molecular weight excluding hydrogens is 346 g/mol. The van der Waals surface area contributed by atoms with Gasteiger partial charge in [0.05, 0.1) is 17.7 Å². The van der Waals surface area contributed by atoms with Gasteiger partial charge in [-0.25, -0.2) is 0 Å². The summed E-state index contributed by atoms with van der Waals surface area (Å²) in [5.41, 5.74) is 1.69. The highest BCUT2D eigenvalue weighted by Gasteiger charge is 2.29. The SMILES string of the molecule is CN(C)C(=O)c1ccc(NC(=O)C2CCCN(C(=O)c3ccoc3)C2)cc1. The fourth-order valence-electron chi connectivity index (χ4n) is 3.14. The minimum Gasteiger partial charge on any atom is -0.472 e. The van der Waals surface area contributed by atoms with E-state index in [1.807, 2.05) is 0 Å². The summed E-state index contributed by atoms with van der Waals surface area (Å²) in [5, 5.41) is 2.88. The molecule has 1 saturated heterocycles. The highest BCUT2D eigenvalue weighted by atomic mass is 16.3. The molecule has 3 amide bonds. The number of nitrogens with one attached hydrogen (secondary N) is 1. The lowest BCUT2D eigenvalue weighted by molar-refractivity contribution is -0.121. The van der Waals surface area contributed by atoms with Crippen molar-refractivity contribution >= 4 is 23.4 Å². The van der Waals surface area contributed by atoms with E-state index in [9.17, 15) is 14.4 Å². The van der Waals surface area contributed by atoms with Crippen LogP contribution in [-0.4, -0.2) is 54.7 Å². The molecule has 7 nitrogen and oxygen atoms in total. The van der Waals surface area contributed by atoms with E-state index in [1.165, 1.54) is 17.4 Å². The van der Waals surface area contributed by atoms with Gasteiger partial charge in [0.1, 0.15) is 6.26 Å². The molecule has 0 radical (unpaired) electrons. The number of furan rings is 1. The van der Waals surface area contributed by atoms with Crippen molar-refractivity contribution in [3.63, 3.8) is 0 Å². The van der Waals surface area contributed by atoms with Crippen molar-refractivity contribution in [1.82, 2.24) is 9.80 Å². The average Bonchev–Trinajstić information content (AvgIpc) is 3.22. The molecule has 1 aliphatic heterocycles. The fourth-order valence-corrected chi connectivity index (χ4v) is 3.14. The third-order valence-electron chi connectivity index (χ3n) is 4.65. The zero-order valence-corrected chi connectivity index (χ0v) is 15.5. The largest absolute Gasteiger partial charge is 0.472 e. The van der Waals surface area contributed by atoms with Crippen LogP contribution < -0.4 is 5.32 Å². The van der Waals surface area contributed by atoms with Crippen LogP contribution in [0.15, 0.2) is 47.3 Å². The fraction of sp³-hybridized carbons (Fsp3) is 0.350. The summed E-state index contributed by atoms with van der Waals surface area (Å²) >= 11 is 0. The van der Waals surface area contributed by atoms with Crippen LogP contribution in [0.3, 0.4) is 0 Å². The molecule has 1 N–H and O–H groups in total. The number of anilines is 1. The number of carbonyl (C=O) groups excluding carboxylic acids is 3. The van der Waals surface area contributed by atoms with Crippen molar-refractivity contribution in [2.45, 2.75) is 12.8 Å². The molecule has 1 unspecified atom stereocenters. The number of hydrogen-bond acceptors (Lipinski definition) is 4. The van der Waals surface area contributed by atoms with Crippen molar-refractivity contribution in [2.75, 3.05) is 32.5 Å². The van der Waals surface area contributed by atoms with Crippen LogP contribution in [0, 0.1) is 5.92 Å². The van der Waals surface area contributed by atoms with Crippen molar-refractivity contribution in [3.8, 4) is 0 Å². The van der Waals surface area contributed by atoms with Gasteiger partial charge in [0.2, 0.25) is 5.91 Å². The number of rotatable bonds is 4. The topological polar surface area (TPSA) is 82.9 Å². The Labute approximate surface area is 157 Å². The van der Waals surface area contributed by atoms with Gasteiger partial charge >= 0.3 is 0 Å². The van der Waals surface area contributed by atoms with Gasteiger partial charge in [-0.3, -0.25) is 14.4 Å². The van der Waals surface area contributed by atoms with Crippen LogP contribution in [-0.2, 0) is 4.79 Å². The third-order valence-corrected chi connectivity index (χ3v) is 4.65. The average molecular weight is 369 g/mol. The lowest BCUT2D eigenvalue weighted by Crippen LogP contribution is -2.43. The second-order valence-electron chi connectivity index (χ2n) is 6.87. The van der Waals surface area contributed by atoms with E-state index >= 15 is 0 Å². The van der Waals surface area contributed by atoms with Crippen molar-refractivity contribution in [2.24, 2.45) is 5.92 Å². The van der Waals surface area contributed by atoms with Gasteiger partial charge < -0.3 is 19.5 Å². The van der Waals surface area contributed by atoms with E-state index in [-0.39, 0.29) is 23.6 Å². The lowest BCUT2D eigenvalue weighted by atomic mass is 9.96. The number of likely N-dealkylation sites (tertiary alicyclic amines) is 1. The molecule has 1 fully saturated rings. The summed E-state index contributed by atoms with van der Waals surface area (Å²) < 4.78 is 4.97. The Hall–Kier alpha value is -3.09. The van der Waals surface area contributed by atoms with Crippen LogP contribution in [0.4, 0.5) is 5.69 Å². The maximum Gasteiger partial charge on any atom is 0.257 e. The smallest absolute Gasteiger partial charge is 0.257 e. The molecule has 0 aliphatic carbocycles. The van der Waals surface area contributed by atoms with E-state index in [1.54, 1.807) is 49.3 Å². The molecule has 3 rings (SSSR count). The van der Waals surface area contributed by atoms with Crippen LogP contribution in [0.25, 0.3) is 0 Å². The zero-order chi connectivity index (χ0) is 19.4. The monoisotopic (exact) mass is 369 g/mol. The molecule has 27 heavy (non-hydrogen) atoms. The number of piperidine rings is 1. The second kappa shape index (κ2) is 8.07. The molecule has 1 aromatic heterocycles. The van der Waals surface area contributed by atoms with E-state index in [0.717, 1.165) is 12.8 Å². The highest BCUT2D eigenvalue weighted by Crippen LogP contribution is 2.21. The van der Waals surface area contributed by atoms with Crippen LogP contribution in [0.5, 0.6) is 0 Å². The summed E-state index contributed by atoms with van der Waals surface area (Å²) in [5.74, 6) is -0.592. The van der Waals surface area contributed by atoms with Crippen molar-refractivity contribution < 1.29 is 18.8 Å². The molecule has 2 heterocycles. The Balaban J connectivity index is 1.60. The molecule has 142 valence electrons. The molecule has 0 saturated carbocycles. The van der Waals surface area contributed by atoms with Gasteiger partial charge in [0.25, 0.3) is 11.8 Å². The van der Waals surface area contributed by atoms with E-state index in [2.05, 4.69) is 5.32 Å². The van der Waals surface area contributed by atoms with Crippen molar-refractivity contribution in [1.29, 1.82) is 0 Å². The number of nitrogens with zero attached hydrogens (tertiary/aromatic N) is 2. The first-order valence-corrected chi connectivity index (χ1v) is 8.90. The summed E-state index contributed by atoms with van der Waals surface area (Å²) in [6.07, 6.45) is 4.39. The molecule has 0 bridgehead atoms. The van der Waals surface area contributed by atoms with Crippen LogP contribution >= 0.6 is 0 Å². The van der Waals surface area contributed by atoms with Gasteiger partial charge in [-0.15, -0.1) is 0 Å². The van der Waals surface area contributed by atoms with E-state index in [4.69, 9.17) is 4.42 Å². The molecule has 0 spiro atoms. The van der Waals surface area contributed by atoms with Gasteiger partial charge in [-0.1, -0.05) is 0 Å². The normalized spacial score (nSPS) is 16.7. The first kappa shape index (κ1) is 18.7. The Morgan fingerprint density at radius 2 is 1.85 bits per heavy atom. The maximum atomic E-state index is 12.6. The highest BCUT2D eigenvalue weighted by molar-refractivity contribution is 5.97. The molecule has 1 aliphatic rings. The second-order valence-corrected chi connectivity index (χ2v) is 6.87. The quantitative estimate of drug-likeness (QED) is 0.897. The molecular formula is C20H23N3O4. The lowest BCUT2D eigenvalue weighted by Gasteiger charge is -2.31. The minimum atomic E-state index is -0.266. The predicted molar refractivity (Wildman–Crippen MR) is 100 cm³/mol. The molecule has 2 aromatic rings. The van der Waals surface area contributed by atoms with Crippen molar-refractivity contribution in [3.05, 3.63) is 54.0 Å². The van der Waals surface area contributed by atoms with Gasteiger partial charge in [0.15, 0.2) is 0 Å². The van der Waals surface area contributed by atoms with E-state index < -0.39 is 0 Å². The predicted octanol–water partition coefficient (Wildman–Crippen LogP) is 2.47. The summed E-state index contributed by atoms with van der Waals surface area (Å²) in [6, 6.07) is 8.43. The Kier molecular flexibility index (Phi) is 5.59. The zero-order valence-electron chi connectivity index (χ0n) is 15.5. The first-order chi connectivity index (χ1) is 13.0. The van der Waals surface area contributed by atoms with E-state index in [0.29, 0.717) is 29.9 Å². The number of benzene rings is 1. The molecule has 7 heteroatoms. The minimum absolute atomic E-state index is 0.0893. The third kappa shape index (κ3) is 4.36. The number of carbonyl (C=O) groups is 3. The molecule has 1 atom stereocenters. The first-order valence-electron chi connectivity index (χ1n) is 8.90. The Morgan fingerprint density at radius 3 is 2.48 bits per heavy atom.